The lowest BCUT2D eigenvalue weighted by atomic mass is 10.2. The van der Waals surface area contributed by atoms with E-state index in [0.29, 0.717) is 28.4 Å². The zero-order chi connectivity index (χ0) is 18.2. The van der Waals surface area contributed by atoms with E-state index in [9.17, 15) is 14.4 Å². The van der Waals surface area contributed by atoms with Crippen molar-refractivity contribution in [3.8, 4) is 0 Å². The monoisotopic (exact) mass is 360 g/mol. The highest BCUT2D eigenvalue weighted by atomic mass is 35.5. The molecule has 130 valence electrons. The van der Waals surface area contributed by atoms with E-state index >= 15 is 0 Å². The molecular formula is C18H17ClN2O4. The molecule has 0 unspecified atom stereocenters. The van der Waals surface area contributed by atoms with E-state index in [1.54, 1.807) is 55.5 Å². The summed E-state index contributed by atoms with van der Waals surface area (Å²) in [4.78, 5) is 35.3. The number of halogens is 1. The Morgan fingerprint density at radius 3 is 2.16 bits per heavy atom. The van der Waals surface area contributed by atoms with Crippen LogP contribution in [0.25, 0.3) is 0 Å². The number of carbonyl (C=O) groups excluding carboxylic acids is 3. The average molecular weight is 361 g/mol. The Labute approximate surface area is 150 Å². The number of esters is 1. The lowest BCUT2D eigenvalue weighted by Crippen LogP contribution is -2.32. The molecule has 7 heteroatoms. The van der Waals surface area contributed by atoms with Crippen LogP contribution in [-0.2, 0) is 9.53 Å². The maximum absolute atomic E-state index is 11.9. The molecule has 0 spiro atoms. The standard InChI is InChI=1S/C18H17ClN2O4/c1-2-25-18(24)13-5-9-15(10-6-13)21-16(22)11-20-17(23)12-3-7-14(19)8-4-12/h3-10H,2,11H2,1H3,(H,20,23)(H,21,22). The van der Waals surface area contributed by atoms with Gasteiger partial charge in [0.2, 0.25) is 5.91 Å². The molecule has 0 aliphatic rings. The third-order valence-electron chi connectivity index (χ3n) is 3.20. The van der Waals surface area contributed by atoms with Gasteiger partial charge in [-0.2, -0.15) is 0 Å². The second-order valence-corrected chi connectivity index (χ2v) is 5.47. The van der Waals surface area contributed by atoms with Crippen molar-refractivity contribution in [1.82, 2.24) is 5.32 Å². The van der Waals surface area contributed by atoms with E-state index in [4.69, 9.17) is 16.3 Å². The maximum Gasteiger partial charge on any atom is 0.338 e. The van der Waals surface area contributed by atoms with E-state index in [1.165, 1.54) is 0 Å². The summed E-state index contributed by atoms with van der Waals surface area (Å²) >= 11 is 5.76. The Morgan fingerprint density at radius 1 is 0.960 bits per heavy atom. The number of carbonyl (C=O) groups is 3. The molecule has 0 heterocycles. The van der Waals surface area contributed by atoms with Gasteiger partial charge >= 0.3 is 5.97 Å². The number of ether oxygens (including phenoxy) is 1. The van der Waals surface area contributed by atoms with Crippen LogP contribution in [0.4, 0.5) is 5.69 Å². The first-order valence-corrected chi connectivity index (χ1v) is 7.98. The number of hydrogen-bond donors (Lipinski definition) is 2. The largest absolute Gasteiger partial charge is 0.462 e. The highest BCUT2D eigenvalue weighted by Crippen LogP contribution is 2.11. The molecule has 0 bridgehead atoms. The van der Waals surface area contributed by atoms with Crippen LogP contribution in [0, 0.1) is 0 Å². The average Bonchev–Trinajstić information content (AvgIpc) is 2.61. The van der Waals surface area contributed by atoms with Crippen LogP contribution >= 0.6 is 11.6 Å². The van der Waals surface area contributed by atoms with Crippen molar-refractivity contribution in [2.75, 3.05) is 18.5 Å². The Hall–Kier alpha value is -2.86. The second-order valence-electron chi connectivity index (χ2n) is 5.04. The van der Waals surface area contributed by atoms with Crippen molar-refractivity contribution in [3.63, 3.8) is 0 Å². The third-order valence-corrected chi connectivity index (χ3v) is 3.45. The molecule has 0 aliphatic heterocycles. The molecular weight excluding hydrogens is 344 g/mol. The highest BCUT2D eigenvalue weighted by Gasteiger charge is 2.09. The smallest absolute Gasteiger partial charge is 0.338 e. The van der Waals surface area contributed by atoms with Gasteiger partial charge in [0.1, 0.15) is 0 Å². The molecule has 0 saturated carbocycles. The first-order chi connectivity index (χ1) is 12.0. The summed E-state index contributed by atoms with van der Waals surface area (Å²) in [5.41, 5.74) is 1.32. The Balaban J connectivity index is 1.84. The second kappa shape index (κ2) is 8.84. The molecule has 6 nitrogen and oxygen atoms in total. The van der Waals surface area contributed by atoms with E-state index in [2.05, 4.69) is 10.6 Å². The molecule has 0 fully saturated rings. The lowest BCUT2D eigenvalue weighted by molar-refractivity contribution is -0.115. The normalized spacial score (nSPS) is 10.0. The zero-order valence-electron chi connectivity index (χ0n) is 13.5. The van der Waals surface area contributed by atoms with Crippen LogP contribution in [0.3, 0.4) is 0 Å². The SMILES string of the molecule is CCOC(=O)c1ccc(NC(=O)CNC(=O)c2ccc(Cl)cc2)cc1. The number of amides is 2. The molecule has 2 aromatic carbocycles. The Bertz CT molecular complexity index is 758. The van der Waals surface area contributed by atoms with Crippen molar-refractivity contribution >= 4 is 35.1 Å². The predicted molar refractivity (Wildman–Crippen MR) is 94.8 cm³/mol. The molecule has 0 aliphatic carbocycles. The lowest BCUT2D eigenvalue weighted by Gasteiger charge is -2.08. The van der Waals surface area contributed by atoms with Crippen molar-refractivity contribution in [2.24, 2.45) is 0 Å². The topological polar surface area (TPSA) is 84.5 Å². The minimum atomic E-state index is -0.421. The fraction of sp³-hybridized carbons (Fsp3) is 0.167. The summed E-state index contributed by atoms with van der Waals surface area (Å²) in [6.45, 7) is 1.84. The van der Waals surface area contributed by atoms with E-state index in [0.717, 1.165) is 0 Å². The van der Waals surface area contributed by atoms with Crippen LogP contribution in [0.5, 0.6) is 0 Å². The molecule has 2 rings (SSSR count). The molecule has 0 atom stereocenters. The molecule has 0 radical (unpaired) electrons. The Morgan fingerprint density at radius 2 is 1.56 bits per heavy atom. The molecule has 2 amide bonds. The number of benzene rings is 2. The summed E-state index contributed by atoms with van der Waals surface area (Å²) < 4.78 is 4.88. The number of anilines is 1. The summed E-state index contributed by atoms with van der Waals surface area (Å²) in [5, 5.41) is 5.67. The number of nitrogens with one attached hydrogen (secondary N) is 2. The maximum atomic E-state index is 11.9. The van der Waals surface area contributed by atoms with E-state index in [1.807, 2.05) is 0 Å². The highest BCUT2D eigenvalue weighted by molar-refractivity contribution is 6.30. The van der Waals surface area contributed by atoms with Crippen molar-refractivity contribution in [3.05, 3.63) is 64.7 Å². The van der Waals surface area contributed by atoms with Crippen LogP contribution < -0.4 is 10.6 Å². The number of rotatable bonds is 6. The summed E-state index contributed by atoms with van der Waals surface area (Å²) in [5.74, 6) is -1.17. The minimum Gasteiger partial charge on any atom is -0.462 e. The van der Waals surface area contributed by atoms with Crippen LogP contribution in [0.2, 0.25) is 5.02 Å². The summed E-state index contributed by atoms with van der Waals surface area (Å²) in [7, 11) is 0. The van der Waals surface area contributed by atoms with Gasteiger partial charge in [0.15, 0.2) is 0 Å². The van der Waals surface area contributed by atoms with E-state index in [-0.39, 0.29) is 18.4 Å². The molecule has 0 saturated heterocycles. The van der Waals surface area contributed by atoms with Crippen molar-refractivity contribution in [2.45, 2.75) is 6.92 Å². The van der Waals surface area contributed by atoms with Gasteiger partial charge in [-0.25, -0.2) is 4.79 Å². The molecule has 2 aromatic rings. The summed E-state index contributed by atoms with van der Waals surface area (Å²) in [6.07, 6.45) is 0. The van der Waals surface area contributed by atoms with Crippen LogP contribution in [-0.4, -0.2) is 30.9 Å². The first-order valence-electron chi connectivity index (χ1n) is 7.60. The molecule has 0 aromatic heterocycles. The van der Waals surface area contributed by atoms with Crippen LogP contribution in [0.15, 0.2) is 48.5 Å². The van der Waals surface area contributed by atoms with Crippen molar-refractivity contribution in [1.29, 1.82) is 0 Å². The molecule has 2 N–H and O–H groups in total. The quantitative estimate of drug-likeness (QED) is 0.776. The number of hydrogen-bond acceptors (Lipinski definition) is 4. The minimum absolute atomic E-state index is 0.179. The van der Waals surface area contributed by atoms with E-state index < -0.39 is 5.97 Å². The molecule has 25 heavy (non-hydrogen) atoms. The van der Waals surface area contributed by atoms with Gasteiger partial charge in [0, 0.05) is 16.3 Å². The predicted octanol–water partition coefficient (Wildman–Crippen LogP) is 2.89. The van der Waals surface area contributed by atoms with Gasteiger partial charge in [-0.15, -0.1) is 0 Å². The Kier molecular flexibility index (Phi) is 6.54. The van der Waals surface area contributed by atoms with Gasteiger partial charge in [0.25, 0.3) is 5.91 Å². The first kappa shape index (κ1) is 18.5. The van der Waals surface area contributed by atoms with Crippen molar-refractivity contribution < 1.29 is 19.1 Å². The van der Waals surface area contributed by atoms with Gasteiger partial charge in [-0.1, -0.05) is 11.6 Å². The zero-order valence-corrected chi connectivity index (χ0v) is 14.3. The van der Waals surface area contributed by atoms with Crippen LogP contribution in [0.1, 0.15) is 27.6 Å². The van der Waals surface area contributed by atoms with Gasteiger partial charge in [-0.3, -0.25) is 9.59 Å². The third kappa shape index (κ3) is 5.61. The van der Waals surface area contributed by atoms with Gasteiger partial charge in [-0.05, 0) is 55.5 Å². The summed E-state index contributed by atoms with van der Waals surface area (Å²) in [6, 6.07) is 12.6. The fourth-order valence-corrected chi connectivity index (χ4v) is 2.10. The fourth-order valence-electron chi connectivity index (χ4n) is 1.97. The van der Waals surface area contributed by atoms with Gasteiger partial charge < -0.3 is 15.4 Å². The van der Waals surface area contributed by atoms with Gasteiger partial charge in [0.05, 0.1) is 18.7 Å².